The van der Waals surface area contributed by atoms with Gasteiger partial charge in [-0.25, -0.2) is 14.8 Å². The molecule has 1 amide bonds. The Balaban J connectivity index is 1.50. The van der Waals surface area contributed by atoms with Gasteiger partial charge in [-0.05, 0) is 44.4 Å². The Morgan fingerprint density at radius 2 is 1.97 bits per heavy atom. The van der Waals surface area contributed by atoms with Crippen LogP contribution >= 0.6 is 0 Å². The van der Waals surface area contributed by atoms with E-state index in [1.807, 2.05) is 15.8 Å². The monoisotopic (exact) mass is 488 g/mol. The molecule has 2 saturated heterocycles. The van der Waals surface area contributed by atoms with Crippen molar-refractivity contribution in [3.05, 3.63) is 23.7 Å². The van der Waals surface area contributed by atoms with Crippen LogP contribution in [0, 0.1) is 5.41 Å². The van der Waals surface area contributed by atoms with Crippen molar-refractivity contribution in [2.45, 2.75) is 90.3 Å². The first-order chi connectivity index (χ1) is 16.5. The minimum absolute atomic E-state index is 0.0255. The van der Waals surface area contributed by atoms with E-state index in [1.165, 1.54) is 4.90 Å². The van der Waals surface area contributed by atoms with Gasteiger partial charge in [0, 0.05) is 48.9 Å². The normalized spacial score (nSPS) is 26.3. The smallest absolute Gasteiger partial charge is 0.407 e. The van der Waals surface area contributed by atoms with Gasteiger partial charge in [-0.2, -0.15) is 13.9 Å². The van der Waals surface area contributed by atoms with Crippen molar-refractivity contribution in [2.24, 2.45) is 5.41 Å². The second kappa shape index (κ2) is 8.41. The van der Waals surface area contributed by atoms with Crippen molar-refractivity contribution in [1.82, 2.24) is 24.6 Å². The summed E-state index contributed by atoms with van der Waals surface area (Å²) in [7, 11) is 0. The molecule has 0 aromatic carbocycles. The highest BCUT2D eigenvalue weighted by Gasteiger charge is 2.42. The number of rotatable bonds is 3. The van der Waals surface area contributed by atoms with Gasteiger partial charge in [0.2, 0.25) is 5.95 Å². The van der Waals surface area contributed by atoms with Crippen LogP contribution in [0.25, 0.3) is 11.3 Å². The van der Waals surface area contributed by atoms with Crippen molar-refractivity contribution in [3.8, 4) is 11.3 Å². The van der Waals surface area contributed by atoms with Crippen LogP contribution < -0.4 is 4.90 Å². The number of fused-ring (bicyclic) bond motifs is 1. The average Bonchev–Trinajstić information content (AvgIpc) is 3.27. The summed E-state index contributed by atoms with van der Waals surface area (Å²) in [6.45, 7) is 9.41. The molecule has 2 aromatic rings. The quantitative estimate of drug-likeness (QED) is 0.647. The lowest BCUT2D eigenvalue weighted by molar-refractivity contribution is -0.0263. The van der Waals surface area contributed by atoms with E-state index in [9.17, 15) is 18.7 Å². The lowest BCUT2D eigenvalue weighted by Gasteiger charge is -2.44. The average molecular weight is 489 g/mol. The molecule has 1 N–H and O–H groups in total. The molecule has 3 unspecified atom stereocenters. The molecule has 3 aliphatic rings. The van der Waals surface area contributed by atoms with Gasteiger partial charge < -0.3 is 14.9 Å². The molecule has 0 bridgehead atoms. The SMILES string of the molecule is CC1CCN1c1nc(-c2cnn(C3CCN(C(=O)O)C(C(C)(C)C)C3)c2)c2c(n1)C(F)(F)CCC2. The van der Waals surface area contributed by atoms with E-state index >= 15 is 0 Å². The Morgan fingerprint density at radius 1 is 1.20 bits per heavy atom. The first-order valence-corrected chi connectivity index (χ1v) is 12.6. The fourth-order valence-electron chi connectivity index (χ4n) is 5.69. The summed E-state index contributed by atoms with van der Waals surface area (Å²) < 4.78 is 31.7. The minimum atomic E-state index is -2.96. The molecule has 0 radical (unpaired) electrons. The van der Waals surface area contributed by atoms with E-state index in [1.54, 1.807) is 6.20 Å². The van der Waals surface area contributed by atoms with Gasteiger partial charge in [0.05, 0.1) is 17.9 Å². The molecule has 35 heavy (non-hydrogen) atoms. The molecule has 3 atom stereocenters. The zero-order valence-electron chi connectivity index (χ0n) is 20.8. The number of nitrogens with zero attached hydrogens (tertiary/aromatic N) is 6. The third kappa shape index (κ3) is 4.25. The fourth-order valence-corrected chi connectivity index (χ4v) is 5.69. The molecule has 10 heteroatoms. The van der Waals surface area contributed by atoms with E-state index in [-0.39, 0.29) is 35.7 Å². The van der Waals surface area contributed by atoms with Crippen LogP contribution in [-0.2, 0) is 12.3 Å². The summed E-state index contributed by atoms with van der Waals surface area (Å²) in [6, 6.07) is 0.114. The highest BCUT2D eigenvalue weighted by Crippen LogP contribution is 2.44. The van der Waals surface area contributed by atoms with Gasteiger partial charge >= 0.3 is 6.09 Å². The Bertz CT molecular complexity index is 1130. The summed E-state index contributed by atoms with van der Waals surface area (Å²) >= 11 is 0. The molecule has 2 aliphatic heterocycles. The van der Waals surface area contributed by atoms with Crippen LogP contribution in [-0.4, -0.2) is 61.0 Å². The maximum absolute atomic E-state index is 14.9. The highest BCUT2D eigenvalue weighted by molar-refractivity contribution is 5.66. The van der Waals surface area contributed by atoms with Crippen LogP contribution in [0.15, 0.2) is 12.4 Å². The largest absolute Gasteiger partial charge is 0.465 e. The summed E-state index contributed by atoms with van der Waals surface area (Å²) in [6.07, 6.45) is 5.70. The van der Waals surface area contributed by atoms with E-state index in [0.29, 0.717) is 55.0 Å². The first kappa shape index (κ1) is 23.9. The van der Waals surface area contributed by atoms with E-state index < -0.39 is 12.0 Å². The molecule has 2 aromatic heterocycles. The molecular weight excluding hydrogens is 454 g/mol. The van der Waals surface area contributed by atoms with E-state index in [0.717, 1.165) is 13.0 Å². The van der Waals surface area contributed by atoms with Crippen LogP contribution in [0.1, 0.15) is 77.1 Å². The van der Waals surface area contributed by atoms with E-state index in [4.69, 9.17) is 4.98 Å². The van der Waals surface area contributed by atoms with Crippen molar-refractivity contribution in [1.29, 1.82) is 0 Å². The molecular formula is C25H34F2N6O2. The number of piperidine rings is 1. The summed E-state index contributed by atoms with van der Waals surface area (Å²) in [4.78, 5) is 24.5. The van der Waals surface area contributed by atoms with Gasteiger partial charge in [0.1, 0.15) is 5.69 Å². The Hall–Kier alpha value is -2.78. The van der Waals surface area contributed by atoms with Gasteiger partial charge in [-0.15, -0.1) is 0 Å². The molecule has 0 saturated carbocycles. The van der Waals surface area contributed by atoms with Gasteiger partial charge in [-0.1, -0.05) is 20.8 Å². The summed E-state index contributed by atoms with van der Waals surface area (Å²) in [5.41, 5.74) is 1.42. The van der Waals surface area contributed by atoms with Crippen LogP contribution in [0.3, 0.4) is 0 Å². The van der Waals surface area contributed by atoms with Crippen LogP contribution in [0.2, 0.25) is 0 Å². The number of aromatic nitrogens is 4. The fraction of sp³-hybridized carbons (Fsp3) is 0.680. The predicted molar refractivity (Wildman–Crippen MR) is 128 cm³/mol. The second-order valence-electron chi connectivity index (χ2n) is 11.3. The molecule has 8 nitrogen and oxygen atoms in total. The number of alkyl halides is 2. The molecule has 190 valence electrons. The second-order valence-corrected chi connectivity index (χ2v) is 11.3. The number of amides is 1. The molecule has 4 heterocycles. The summed E-state index contributed by atoms with van der Waals surface area (Å²) in [5, 5.41) is 14.3. The van der Waals surface area contributed by atoms with Crippen molar-refractivity contribution in [2.75, 3.05) is 18.0 Å². The number of likely N-dealkylation sites (tertiary alicyclic amines) is 1. The number of hydrogen-bond donors (Lipinski definition) is 1. The number of carboxylic acid groups (broad SMARTS) is 1. The van der Waals surface area contributed by atoms with E-state index in [2.05, 4.69) is 37.8 Å². The maximum atomic E-state index is 14.9. The van der Waals surface area contributed by atoms with Gasteiger partial charge in [0.15, 0.2) is 0 Å². The Kier molecular flexibility index (Phi) is 5.75. The van der Waals surface area contributed by atoms with Crippen molar-refractivity contribution in [3.63, 3.8) is 0 Å². The topological polar surface area (TPSA) is 87.4 Å². The van der Waals surface area contributed by atoms with Gasteiger partial charge in [0.25, 0.3) is 5.92 Å². The zero-order chi connectivity index (χ0) is 25.1. The maximum Gasteiger partial charge on any atom is 0.407 e. The third-order valence-electron chi connectivity index (χ3n) is 7.91. The number of hydrogen-bond acceptors (Lipinski definition) is 5. The molecule has 2 fully saturated rings. The predicted octanol–water partition coefficient (Wildman–Crippen LogP) is 5.10. The first-order valence-electron chi connectivity index (χ1n) is 12.6. The zero-order valence-corrected chi connectivity index (χ0v) is 20.8. The van der Waals surface area contributed by atoms with Crippen molar-refractivity contribution < 1.29 is 18.7 Å². The minimum Gasteiger partial charge on any atom is -0.465 e. The number of carbonyl (C=O) groups is 1. The standard InChI is InChI=1S/C25H34F2N6O2/c1-15-7-10-31(15)22-29-20(18-6-5-9-25(26,27)21(18)30-22)16-13-28-33(14-16)17-8-11-32(23(34)35)19(12-17)24(2,3)4/h13-15,17,19H,5-12H2,1-4H3,(H,34,35). The van der Waals surface area contributed by atoms with Gasteiger partial charge in [-0.3, -0.25) is 4.68 Å². The van der Waals surface area contributed by atoms with Crippen LogP contribution in [0.4, 0.5) is 19.5 Å². The number of halogens is 2. The number of anilines is 1. The highest BCUT2D eigenvalue weighted by atomic mass is 19.3. The Morgan fingerprint density at radius 3 is 2.60 bits per heavy atom. The lowest BCUT2D eigenvalue weighted by atomic mass is 9.79. The Labute approximate surface area is 204 Å². The lowest BCUT2D eigenvalue weighted by Crippen LogP contribution is -2.51. The van der Waals surface area contributed by atoms with Crippen molar-refractivity contribution >= 4 is 12.0 Å². The summed E-state index contributed by atoms with van der Waals surface area (Å²) in [5.74, 6) is -2.59. The van der Waals surface area contributed by atoms with Crippen LogP contribution in [0.5, 0.6) is 0 Å². The molecule has 0 spiro atoms. The molecule has 1 aliphatic carbocycles. The molecule has 5 rings (SSSR count). The third-order valence-corrected chi connectivity index (χ3v) is 7.91.